The summed E-state index contributed by atoms with van der Waals surface area (Å²) in [4.78, 5) is 0. The predicted octanol–water partition coefficient (Wildman–Crippen LogP) is 0.896. The second kappa shape index (κ2) is 5.27. The monoisotopic (exact) mass is 202 g/mol. The van der Waals surface area contributed by atoms with E-state index < -0.39 is 0 Å². The fraction of sp³-hybridized carbons (Fsp3) is 0.667. The maximum atomic E-state index is 3.57. The smallest absolute Gasteiger partial charge is 0.263 e. The Hall–Kier alpha value is 1.12. The van der Waals surface area contributed by atoms with E-state index in [1.54, 1.807) is 0 Å². The van der Waals surface area contributed by atoms with E-state index in [1.807, 2.05) is 0 Å². The number of allylic oxidation sites excluding steroid dienone is 4. The maximum Gasteiger partial charge on any atom is 1.00 e. The van der Waals surface area contributed by atoms with Crippen LogP contribution in [0.5, 0.6) is 0 Å². The summed E-state index contributed by atoms with van der Waals surface area (Å²) in [7, 11) is 0. The van der Waals surface area contributed by atoms with Crippen LogP contribution in [0.15, 0.2) is 16.7 Å². The van der Waals surface area contributed by atoms with Gasteiger partial charge in [-0.25, -0.2) is 5.57 Å². The minimum absolute atomic E-state index is 0. The Morgan fingerprint density at radius 2 is 1.77 bits per heavy atom. The molecule has 0 aromatic heterocycles. The Morgan fingerprint density at radius 3 is 2.08 bits per heavy atom. The van der Waals surface area contributed by atoms with Crippen molar-refractivity contribution < 1.29 is 51.4 Å². The van der Waals surface area contributed by atoms with E-state index in [2.05, 4.69) is 40.7 Å². The molecule has 13 heavy (non-hydrogen) atoms. The van der Waals surface area contributed by atoms with Crippen LogP contribution in [0.4, 0.5) is 0 Å². The second-order valence-electron chi connectivity index (χ2n) is 4.08. The Bertz CT molecular complexity index is 248. The van der Waals surface area contributed by atoms with E-state index in [-0.39, 0.29) is 56.8 Å². The van der Waals surface area contributed by atoms with Gasteiger partial charge in [0.2, 0.25) is 0 Å². The van der Waals surface area contributed by atoms with Gasteiger partial charge in [0.1, 0.15) is 0 Å². The Balaban J connectivity index is 0.00000144. The average molecular weight is 202 g/mol. The molecule has 1 unspecified atom stereocenters. The van der Waals surface area contributed by atoms with E-state index in [0.29, 0.717) is 0 Å². The third kappa shape index (κ3) is 2.79. The molecule has 0 heterocycles. The molecule has 0 aromatic rings. The summed E-state index contributed by atoms with van der Waals surface area (Å²) >= 11 is 0. The summed E-state index contributed by atoms with van der Waals surface area (Å²) in [6, 6.07) is 0. The van der Waals surface area contributed by atoms with Gasteiger partial charge in [-0.05, 0) is 0 Å². The van der Waals surface area contributed by atoms with Crippen LogP contribution in [0.1, 0.15) is 47.5 Å². The van der Waals surface area contributed by atoms with Crippen LogP contribution in [0.25, 0.3) is 0 Å². The minimum atomic E-state index is 0. The fourth-order valence-corrected chi connectivity index (χ4v) is 2.05. The summed E-state index contributed by atoms with van der Waals surface area (Å²) in [6.45, 7) is 11.2. The van der Waals surface area contributed by atoms with Crippen LogP contribution in [0.2, 0.25) is 0 Å². The predicted molar refractivity (Wildman–Crippen MR) is 53.8 cm³/mol. The van der Waals surface area contributed by atoms with Gasteiger partial charge >= 0.3 is 51.4 Å². The van der Waals surface area contributed by atoms with Gasteiger partial charge in [-0.1, -0.05) is 46.0 Å². The number of rotatable bonds is 2. The van der Waals surface area contributed by atoms with Crippen molar-refractivity contribution >= 4 is 0 Å². The van der Waals surface area contributed by atoms with Crippen LogP contribution in [-0.2, 0) is 0 Å². The molecule has 0 aliphatic heterocycles. The first kappa shape index (κ1) is 14.1. The van der Waals surface area contributed by atoms with Gasteiger partial charge in [0, 0.05) is 0 Å². The summed E-state index contributed by atoms with van der Waals surface area (Å²) in [5, 5.41) is 0. The van der Waals surface area contributed by atoms with Crippen LogP contribution < -0.4 is 51.4 Å². The van der Waals surface area contributed by atoms with E-state index in [0.717, 1.165) is 0 Å². The summed E-state index contributed by atoms with van der Waals surface area (Å²) in [5.41, 5.74) is 4.55. The quantitative estimate of drug-likeness (QED) is 0.461. The minimum Gasteiger partial charge on any atom is -0.263 e. The average Bonchev–Trinajstić information content (AvgIpc) is 2.17. The van der Waals surface area contributed by atoms with E-state index >= 15 is 0 Å². The van der Waals surface area contributed by atoms with Crippen molar-refractivity contribution in [3.63, 3.8) is 0 Å². The molecule has 0 fully saturated rings. The molecular weight excluding hydrogens is 183 g/mol. The zero-order valence-electron chi connectivity index (χ0n) is 9.91. The molecule has 0 nitrogen and oxygen atoms in total. The van der Waals surface area contributed by atoms with Crippen molar-refractivity contribution in [1.82, 2.24) is 0 Å². The molecule has 0 bridgehead atoms. The zero-order valence-corrected chi connectivity index (χ0v) is 13.0. The Morgan fingerprint density at radius 1 is 1.23 bits per heavy atom. The molecule has 1 rings (SSSR count). The molecule has 0 saturated heterocycles. The fourth-order valence-electron chi connectivity index (χ4n) is 2.05. The molecular formula is C12H19K. The first-order valence-electron chi connectivity index (χ1n) is 4.81. The van der Waals surface area contributed by atoms with Gasteiger partial charge in [0.05, 0.1) is 0 Å². The van der Waals surface area contributed by atoms with Crippen LogP contribution in [0, 0.1) is 11.5 Å². The first-order valence-corrected chi connectivity index (χ1v) is 4.81. The van der Waals surface area contributed by atoms with Gasteiger partial charge in [-0.3, -0.25) is 6.08 Å². The second-order valence-corrected chi connectivity index (χ2v) is 4.08. The zero-order chi connectivity index (χ0) is 9.35. The van der Waals surface area contributed by atoms with E-state index in [4.69, 9.17) is 0 Å². The Kier molecular flexibility index (Phi) is 5.72. The van der Waals surface area contributed by atoms with Gasteiger partial charge in [-0.15, -0.1) is 6.92 Å². The molecule has 68 valence electrons. The van der Waals surface area contributed by atoms with Crippen LogP contribution >= 0.6 is 0 Å². The summed E-state index contributed by atoms with van der Waals surface area (Å²) < 4.78 is 0. The van der Waals surface area contributed by atoms with E-state index in [1.165, 1.54) is 29.6 Å². The number of hydrogen-bond donors (Lipinski definition) is 0. The molecule has 1 atom stereocenters. The standard InChI is InChI=1S/C12H19.K/c1-6-7-12(5)8-9(2)10(3)11(12)4;/h6-7H2,1-5H3;/q-1;+1. The molecule has 0 spiro atoms. The van der Waals surface area contributed by atoms with E-state index in [9.17, 15) is 0 Å². The molecule has 0 aromatic carbocycles. The summed E-state index contributed by atoms with van der Waals surface area (Å²) in [5.74, 6) is 0. The molecule has 0 amide bonds. The molecule has 1 aliphatic carbocycles. The van der Waals surface area contributed by atoms with Gasteiger partial charge in [-0.2, -0.15) is 11.1 Å². The first-order chi connectivity index (χ1) is 5.51. The van der Waals surface area contributed by atoms with Gasteiger partial charge in [0.15, 0.2) is 0 Å². The van der Waals surface area contributed by atoms with Crippen LogP contribution in [-0.4, -0.2) is 0 Å². The molecule has 1 heteroatoms. The van der Waals surface area contributed by atoms with Crippen molar-refractivity contribution in [1.29, 1.82) is 0 Å². The van der Waals surface area contributed by atoms with Crippen molar-refractivity contribution in [2.75, 3.05) is 0 Å². The van der Waals surface area contributed by atoms with Crippen LogP contribution in [0.3, 0.4) is 0 Å². The molecule has 0 N–H and O–H groups in total. The normalized spacial score (nSPS) is 27.3. The molecule has 1 aliphatic rings. The SMILES string of the molecule is CCCC1(C)[C-]=C(C)C(C)=C1C.[K+]. The van der Waals surface area contributed by atoms with Crippen molar-refractivity contribution in [2.24, 2.45) is 5.41 Å². The van der Waals surface area contributed by atoms with Crippen molar-refractivity contribution in [3.8, 4) is 0 Å². The molecule has 0 radical (unpaired) electrons. The largest absolute Gasteiger partial charge is 1.00 e. The maximum absolute atomic E-state index is 3.57. The number of hydrogen-bond acceptors (Lipinski definition) is 0. The third-order valence-electron chi connectivity index (χ3n) is 3.17. The van der Waals surface area contributed by atoms with Crippen molar-refractivity contribution in [3.05, 3.63) is 22.8 Å². The van der Waals surface area contributed by atoms with Gasteiger partial charge in [0.25, 0.3) is 0 Å². The van der Waals surface area contributed by atoms with Gasteiger partial charge < -0.3 is 0 Å². The third-order valence-corrected chi connectivity index (χ3v) is 3.17. The topological polar surface area (TPSA) is 0 Å². The Labute approximate surface area is 125 Å². The molecule has 0 saturated carbocycles. The van der Waals surface area contributed by atoms with Crippen molar-refractivity contribution in [2.45, 2.75) is 47.5 Å². The summed E-state index contributed by atoms with van der Waals surface area (Å²) in [6.07, 6.45) is 6.04.